The van der Waals surface area contributed by atoms with Crippen molar-refractivity contribution < 1.29 is 4.74 Å². The van der Waals surface area contributed by atoms with Gasteiger partial charge in [0, 0.05) is 36.8 Å². The van der Waals surface area contributed by atoms with Crippen LogP contribution in [0.1, 0.15) is 5.56 Å². The van der Waals surface area contributed by atoms with E-state index in [1.165, 1.54) is 5.56 Å². The fraction of sp³-hybridized carbons (Fsp3) is 0.263. The molecular weight excluding hydrogens is 332 g/mol. The molecule has 5 nitrogen and oxygen atoms in total. The van der Waals surface area contributed by atoms with Crippen molar-refractivity contribution >= 4 is 22.3 Å². The average molecular weight is 352 g/mol. The van der Waals surface area contributed by atoms with Crippen molar-refractivity contribution in [3.05, 3.63) is 59.6 Å². The molecule has 4 rings (SSSR count). The highest BCUT2D eigenvalue weighted by Crippen LogP contribution is 2.27. The number of aromatic nitrogens is 2. The van der Waals surface area contributed by atoms with Gasteiger partial charge >= 0.3 is 0 Å². The smallest absolute Gasteiger partial charge is 0.188 e. The molecule has 3 aromatic rings. The van der Waals surface area contributed by atoms with Gasteiger partial charge in [0.15, 0.2) is 5.13 Å². The molecule has 0 unspecified atom stereocenters. The zero-order valence-electron chi connectivity index (χ0n) is 13.9. The van der Waals surface area contributed by atoms with Gasteiger partial charge in [-0.05, 0) is 17.7 Å². The molecule has 1 aliphatic rings. The van der Waals surface area contributed by atoms with Gasteiger partial charge in [0.25, 0.3) is 0 Å². The summed E-state index contributed by atoms with van der Waals surface area (Å²) in [4.78, 5) is 11.4. The number of hydrogen-bond donors (Lipinski definition) is 1. The van der Waals surface area contributed by atoms with Gasteiger partial charge in [0.2, 0.25) is 0 Å². The van der Waals surface area contributed by atoms with E-state index in [4.69, 9.17) is 4.74 Å². The number of pyridine rings is 1. The molecule has 1 N–H and O–H groups in total. The molecule has 1 aliphatic heterocycles. The number of rotatable bonds is 5. The number of nitrogens with zero attached hydrogens (tertiary/aromatic N) is 3. The minimum absolute atomic E-state index is 0.809. The first-order valence-electron chi connectivity index (χ1n) is 8.40. The summed E-state index contributed by atoms with van der Waals surface area (Å²) in [5.74, 6) is 0.809. The lowest BCUT2D eigenvalue weighted by atomic mass is 10.1. The first-order valence-corrected chi connectivity index (χ1v) is 9.28. The first kappa shape index (κ1) is 16.2. The third kappa shape index (κ3) is 4.22. The molecule has 25 heavy (non-hydrogen) atoms. The van der Waals surface area contributed by atoms with Crippen molar-refractivity contribution in [3.63, 3.8) is 0 Å². The fourth-order valence-corrected chi connectivity index (χ4v) is 3.53. The van der Waals surface area contributed by atoms with E-state index in [-0.39, 0.29) is 0 Å². The zero-order chi connectivity index (χ0) is 16.9. The van der Waals surface area contributed by atoms with Gasteiger partial charge in [-0.3, -0.25) is 4.90 Å². The molecule has 1 fully saturated rings. The van der Waals surface area contributed by atoms with Crippen LogP contribution in [0.15, 0.2) is 54.0 Å². The van der Waals surface area contributed by atoms with E-state index in [1.807, 2.05) is 18.2 Å². The summed E-state index contributed by atoms with van der Waals surface area (Å²) in [6.45, 7) is 4.67. The topological polar surface area (TPSA) is 50.3 Å². The predicted octanol–water partition coefficient (Wildman–Crippen LogP) is 3.78. The van der Waals surface area contributed by atoms with Crippen LogP contribution in [-0.4, -0.2) is 41.2 Å². The van der Waals surface area contributed by atoms with Crippen LogP contribution in [0.2, 0.25) is 0 Å². The molecule has 1 saturated heterocycles. The third-order valence-electron chi connectivity index (χ3n) is 4.16. The van der Waals surface area contributed by atoms with Gasteiger partial charge in [-0.25, -0.2) is 9.97 Å². The Kier molecular flexibility index (Phi) is 5.01. The molecule has 0 atom stereocenters. The monoisotopic (exact) mass is 352 g/mol. The van der Waals surface area contributed by atoms with Crippen molar-refractivity contribution in [2.24, 2.45) is 0 Å². The number of hydrogen-bond acceptors (Lipinski definition) is 6. The molecule has 128 valence electrons. The molecule has 2 aromatic heterocycles. The Morgan fingerprint density at radius 2 is 1.92 bits per heavy atom. The van der Waals surface area contributed by atoms with Crippen LogP contribution in [0.5, 0.6) is 0 Å². The maximum Gasteiger partial charge on any atom is 0.188 e. The minimum Gasteiger partial charge on any atom is -0.379 e. The Bertz CT molecular complexity index is 798. The van der Waals surface area contributed by atoms with E-state index in [9.17, 15) is 0 Å². The fourth-order valence-electron chi connectivity index (χ4n) is 2.81. The van der Waals surface area contributed by atoms with E-state index >= 15 is 0 Å². The van der Waals surface area contributed by atoms with Crippen molar-refractivity contribution in [1.82, 2.24) is 14.9 Å². The lowest BCUT2D eigenvalue weighted by Gasteiger charge is -2.26. The molecule has 0 bridgehead atoms. The first-order chi connectivity index (χ1) is 12.4. The Balaban J connectivity index is 1.41. The maximum absolute atomic E-state index is 5.40. The molecule has 3 heterocycles. The largest absolute Gasteiger partial charge is 0.379 e. The second kappa shape index (κ2) is 7.74. The van der Waals surface area contributed by atoms with Crippen LogP contribution in [-0.2, 0) is 11.3 Å². The Labute approximate surface area is 151 Å². The van der Waals surface area contributed by atoms with E-state index in [2.05, 4.69) is 49.8 Å². The summed E-state index contributed by atoms with van der Waals surface area (Å²) in [6, 6.07) is 14.5. The highest BCUT2D eigenvalue weighted by atomic mass is 32.1. The number of morpholine rings is 1. The lowest BCUT2D eigenvalue weighted by Crippen LogP contribution is -2.35. The van der Waals surface area contributed by atoms with E-state index < -0.39 is 0 Å². The summed E-state index contributed by atoms with van der Waals surface area (Å²) in [5.41, 5.74) is 3.45. The summed E-state index contributed by atoms with van der Waals surface area (Å²) in [6.07, 6.45) is 1.77. The van der Waals surface area contributed by atoms with Gasteiger partial charge in [-0.2, -0.15) is 0 Å². The molecule has 1 aromatic carbocycles. The van der Waals surface area contributed by atoms with E-state index in [0.717, 1.165) is 55.1 Å². The third-order valence-corrected chi connectivity index (χ3v) is 4.92. The number of thiazole rings is 1. The number of benzene rings is 1. The Hall–Kier alpha value is -2.28. The second-order valence-electron chi connectivity index (χ2n) is 5.96. The zero-order valence-corrected chi connectivity index (χ0v) is 14.7. The van der Waals surface area contributed by atoms with Crippen molar-refractivity contribution in [2.75, 3.05) is 31.6 Å². The van der Waals surface area contributed by atoms with Gasteiger partial charge < -0.3 is 10.1 Å². The molecule has 6 heteroatoms. The van der Waals surface area contributed by atoms with E-state index in [1.54, 1.807) is 17.5 Å². The standard InChI is InChI=1S/C19H20N4OS/c1-2-8-20-18(3-1)22-19-21-17(14-25-19)16-6-4-15(5-7-16)13-23-9-11-24-12-10-23/h1-8,14H,9-13H2,(H,20,21,22). The quantitative estimate of drug-likeness (QED) is 0.757. The van der Waals surface area contributed by atoms with Crippen molar-refractivity contribution in [1.29, 1.82) is 0 Å². The molecule has 0 amide bonds. The van der Waals surface area contributed by atoms with Crippen molar-refractivity contribution in [2.45, 2.75) is 6.54 Å². The van der Waals surface area contributed by atoms with Crippen LogP contribution in [0.25, 0.3) is 11.3 Å². The highest BCUT2D eigenvalue weighted by Gasteiger charge is 2.11. The van der Waals surface area contributed by atoms with Crippen LogP contribution in [0, 0.1) is 0 Å². The minimum atomic E-state index is 0.809. The molecule has 0 radical (unpaired) electrons. The number of ether oxygens (including phenoxy) is 1. The number of anilines is 2. The lowest BCUT2D eigenvalue weighted by molar-refractivity contribution is 0.0342. The van der Waals surface area contributed by atoms with Crippen LogP contribution in [0.3, 0.4) is 0 Å². The van der Waals surface area contributed by atoms with Gasteiger partial charge in [0.1, 0.15) is 5.82 Å². The molecule has 0 aliphatic carbocycles. The summed E-state index contributed by atoms with van der Waals surface area (Å²) in [5, 5.41) is 6.16. The van der Waals surface area contributed by atoms with E-state index in [0.29, 0.717) is 0 Å². The van der Waals surface area contributed by atoms with Crippen LogP contribution >= 0.6 is 11.3 Å². The summed E-state index contributed by atoms with van der Waals surface area (Å²) in [7, 11) is 0. The highest BCUT2D eigenvalue weighted by molar-refractivity contribution is 7.14. The number of nitrogens with one attached hydrogen (secondary N) is 1. The average Bonchev–Trinajstić information content (AvgIpc) is 3.12. The molecular formula is C19H20N4OS. The predicted molar refractivity (Wildman–Crippen MR) is 101 cm³/mol. The summed E-state index contributed by atoms with van der Waals surface area (Å²) < 4.78 is 5.40. The second-order valence-corrected chi connectivity index (χ2v) is 6.82. The summed E-state index contributed by atoms with van der Waals surface area (Å²) >= 11 is 1.59. The molecule has 0 saturated carbocycles. The van der Waals surface area contributed by atoms with Gasteiger partial charge in [-0.1, -0.05) is 30.3 Å². The van der Waals surface area contributed by atoms with Crippen molar-refractivity contribution in [3.8, 4) is 11.3 Å². The normalized spacial score (nSPS) is 15.2. The molecule has 0 spiro atoms. The Morgan fingerprint density at radius 3 is 2.68 bits per heavy atom. The van der Waals surface area contributed by atoms with Crippen LogP contribution in [0.4, 0.5) is 10.9 Å². The van der Waals surface area contributed by atoms with Gasteiger partial charge in [-0.15, -0.1) is 11.3 Å². The SMILES string of the molecule is c1ccc(Nc2nc(-c3ccc(CN4CCOCC4)cc3)cs2)nc1. The maximum atomic E-state index is 5.40. The van der Waals surface area contributed by atoms with Gasteiger partial charge in [0.05, 0.1) is 18.9 Å². The van der Waals surface area contributed by atoms with Crippen LogP contribution < -0.4 is 5.32 Å². The Morgan fingerprint density at radius 1 is 1.08 bits per heavy atom.